The second kappa shape index (κ2) is 5.05. The second-order valence-electron chi connectivity index (χ2n) is 3.71. The molecule has 1 aromatic heterocycles. The van der Waals surface area contributed by atoms with Crippen LogP contribution in [-0.2, 0) is 6.18 Å². The number of alkyl halides is 3. The summed E-state index contributed by atoms with van der Waals surface area (Å²) in [5.74, 6) is -0.593. The number of halogens is 3. The third-order valence-electron chi connectivity index (χ3n) is 2.27. The van der Waals surface area contributed by atoms with Crippen LogP contribution in [0.5, 0.6) is 11.6 Å². The molecule has 0 atom stereocenters. The molecule has 1 aromatic carbocycles. The van der Waals surface area contributed by atoms with Crippen LogP contribution in [0.25, 0.3) is 0 Å². The van der Waals surface area contributed by atoms with Gasteiger partial charge < -0.3 is 10.5 Å². The van der Waals surface area contributed by atoms with E-state index >= 15 is 0 Å². The molecule has 0 aliphatic rings. The number of hydrogen-bond acceptors (Lipinski definition) is 5. The average Bonchev–Trinajstić information content (AvgIpc) is 2.40. The molecule has 2 N–H and O–H groups in total. The predicted molar refractivity (Wildman–Crippen MR) is 62.7 cm³/mol. The van der Waals surface area contributed by atoms with E-state index in [2.05, 4.69) is 9.97 Å². The summed E-state index contributed by atoms with van der Waals surface area (Å²) in [5, 5.41) is 8.54. The molecule has 2 aromatic rings. The first kappa shape index (κ1) is 13.6. The van der Waals surface area contributed by atoms with Crippen molar-refractivity contribution < 1.29 is 17.9 Å². The third-order valence-corrected chi connectivity index (χ3v) is 2.27. The van der Waals surface area contributed by atoms with Crippen LogP contribution >= 0.6 is 0 Å². The Kier molecular flexibility index (Phi) is 3.43. The first-order valence-electron chi connectivity index (χ1n) is 5.27. The Morgan fingerprint density at radius 3 is 2.50 bits per heavy atom. The Labute approximate surface area is 111 Å². The van der Waals surface area contributed by atoms with Gasteiger partial charge in [-0.1, -0.05) is 0 Å². The molecule has 8 heteroatoms. The normalized spacial score (nSPS) is 10.9. The number of anilines is 1. The van der Waals surface area contributed by atoms with Gasteiger partial charge in [-0.05, 0) is 18.2 Å². The standard InChI is InChI=1S/C12H7F3N4O/c13-12(14,15)9-3-7(17)1-2-10(9)20-11-6-18-8(4-16)5-19-11/h1-3,5-6H,17H2. The highest BCUT2D eigenvalue weighted by Gasteiger charge is 2.34. The molecule has 0 amide bonds. The number of aromatic nitrogens is 2. The molecule has 1 heterocycles. The van der Waals surface area contributed by atoms with Crippen LogP contribution in [0.15, 0.2) is 30.6 Å². The Bertz CT molecular complexity index is 662. The molecule has 2 rings (SSSR count). The Morgan fingerprint density at radius 2 is 1.95 bits per heavy atom. The number of nitrogens with two attached hydrogens (primary N) is 1. The summed E-state index contributed by atoms with van der Waals surface area (Å²) < 4.78 is 43.5. The van der Waals surface area contributed by atoms with Crippen molar-refractivity contribution in [2.75, 3.05) is 5.73 Å². The van der Waals surface area contributed by atoms with Gasteiger partial charge in [0.2, 0.25) is 5.88 Å². The van der Waals surface area contributed by atoms with E-state index in [0.29, 0.717) is 0 Å². The van der Waals surface area contributed by atoms with E-state index in [1.165, 1.54) is 6.07 Å². The van der Waals surface area contributed by atoms with Crippen LogP contribution < -0.4 is 10.5 Å². The van der Waals surface area contributed by atoms with Crippen LogP contribution in [-0.4, -0.2) is 9.97 Å². The lowest BCUT2D eigenvalue weighted by Crippen LogP contribution is -2.08. The minimum absolute atomic E-state index is 0.0319. The van der Waals surface area contributed by atoms with Gasteiger partial charge in [-0.15, -0.1) is 0 Å². The fraction of sp³-hybridized carbons (Fsp3) is 0.0833. The lowest BCUT2D eigenvalue weighted by molar-refractivity contribution is -0.138. The zero-order valence-corrected chi connectivity index (χ0v) is 9.85. The van der Waals surface area contributed by atoms with Gasteiger partial charge in [0.15, 0.2) is 5.69 Å². The molecule has 0 aliphatic carbocycles. The highest BCUT2D eigenvalue weighted by atomic mass is 19.4. The molecule has 20 heavy (non-hydrogen) atoms. The SMILES string of the molecule is N#Cc1cnc(Oc2ccc(N)cc2C(F)(F)F)cn1. The van der Waals surface area contributed by atoms with Gasteiger partial charge in [0.1, 0.15) is 17.4 Å². The fourth-order valence-electron chi connectivity index (χ4n) is 1.40. The first-order chi connectivity index (χ1) is 9.40. The minimum atomic E-state index is -4.61. The van der Waals surface area contributed by atoms with Gasteiger partial charge in [0, 0.05) is 5.69 Å². The number of nitrogen functional groups attached to an aromatic ring is 1. The van der Waals surface area contributed by atoms with Crippen molar-refractivity contribution in [2.45, 2.75) is 6.18 Å². The van der Waals surface area contributed by atoms with Gasteiger partial charge in [-0.2, -0.15) is 18.4 Å². The molecule has 0 saturated heterocycles. The van der Waals surface area contributed by atoms with Gasteiger partial charge in [-0.3, -0.25) is 0 Å². The molecular weight excluding hydrogens is 273 g/mol. The second-order valence-corrected chi connectivity index (χ2v) is 3.71. The molecule has 0 radical (unpaired) electrons. The fourth-order valence-corrected chi connectivity index (χ4v) is 1.40. The van der Waals surface area contributed by atoms with Crippen molar-refractivity contribution in [2.24, 2.45) is 0 Å². The van der Waals surface area contributed by atoms with Crippen molar-refractivity contribution in [1.82, 2.24) is 9.97 Å². The van der Waals surface area contributed by atoms with Gasteiger partial charge >= 0.3 is 6.18 Å². The van der Waals surface area contributed by atoms with E-state index in [0.717, 1.165) is 24.5 Å². The lowest BCUT2D eigenvalue weighted by Gasteiger charge is -2.13. The molecule has 0 bridgehead atoms. The average molecular weight is 280 g/mol. The summed E-state index contributed by atoms with van der Waals surface area (Å²) in [6.07, 6.45) is -2.44. The van der Waals surface area contributed by atoms with Crippen LogP contribution in [0.3, 0.4) is 0 Å². The molecule has 0 saturated carbocycles. The maximum Gasteiger partial charge on any atom is 0.420 e. The molecular formula is C12H7F3N4O. The summed E-state index contributed by atoms with van der Waals surface area (Å²) in [4.78, 5) is 7.33. The van der Waals surface area contributed by atoms with E-state index in [1.807, 2.05) is 0 Å². The summed E-state index contributed by atoms with van der Waals surface area (Å²) in [6, 6.07) is 4.88. The smallest absolute Gasteiger partial charge is 0.420 e. The lowest BCUT2D eigenvalue weighted by atomic mass is 10.1. The summed E-state index contributed by atoms with van der Waals surface area (Å²) in [5.41, 5.74) is 4.33. The van der Waals surface area contributed by atoms with Crippen LogP contribution in [0, 0.1) is 11.3 Å². The number of nitrogens with zero attached hydrogens (tertiary/aromatic N) is 3. The topological polar surface area (TPSA) is 84.8 Å². The summed E-state index contributed by atoms with van der Waals surface area (Å²) >= 11 is 0. The van der Waals surface area contributed by atoms with Crippen molar-refractivity contribution in [3.63, 3.8) is 0 Å². The predicted octanol–water partition coefficient (Wildman–Crippen LogP) is 2.74. The zero-order chi connectivity index (χ0) is 14.8. The number of benzene rings is 1. The molecule has 0 aliphatic heterocycles. The van der Waals surface area contributed by atoms with Gasteiger partial charge in [0.25, 0.3) is 0 Å². The highest BCUT2D eigenvalue weighted by molar-refractivity contribution is 5.49. The van der Waals surface area contributed by atoms with Crippen molar-refractivity contribution >= 4 is 5.69 Å². The maximum atomic E-state index is 12.8. The van der Waals surface area contributed by atoms with E-state index in [-0.39, 0.29) is 17.3 Å². The Balaban J connectivity index is 2.35. The maximum absolute atomic E-state index is 12.8. The van der Waals surface area contributed by atoms with E-state index in [1.54, 1.807) is 6.07 Å². The first-order valence-corrected chi connectivity index (χ1v) is 5.27. The molecule has 0 unspecified atom stereocenters. The minimum Gasteiger partial charge on any atom is -0.437 e. The van der Waals surface area contributed by atoms with Crippen molar-refractivity contribution in [1.29, 1.82) is 5.26 Å². The van der Waals surface area contributed by atoms with Crippen molar-refractivity contribution in [3.8, 4) is 17.7 Å². The largest absolute Gasteiger partial charge is 0.437 e. The van der Waals surface area contributed by atoms with E-state index < -0.39 is 17.5 Å². The molecule has 102 valence electrons. The number of rotatable bonds is 2. The third kappa shape index (κ3) is 2.95. The van der Waals surface area contributed by atoms with Gasteiger partial charge in [-0.25, -0.2) is 9.97 Å². The summed E-state index contributed by atoms with van der Waals surface area (Å²) in [6.45, 7) is 0. The van der Waals surface area contributed by atoms with Crippen LogP contribution in [0.4, 0.5) is 18.9 Å². The van der Waals surface area contributed by atoms with E-state index in [9.17, 15) is 13.2 Å². The van der Waals surface area contributed by atoms with Crippen LogP contribution in [0.2, 0.25) is 0 Å². The molecule has 0 fully saturated rings. The number of nitriles is 1. The van der Waals surface area contributed by atoms with E-state index in [4.69, 9.17) is 15.7 Å². The Morgan fingerprint density at radius 1 is 1.20 bits per heavy atom. The number of hydrogen-bond donors (Lipinski definition) is 1. The molecule has 5 nitrogen and oxygen atoms in total. The molecule has 0 spiro atoms. The Hall–Kier alpha value is -2.82. The quantitative estimate of drug-likeness (QED) is 0.855. The summed E-state index contributed by atoms with van der Waals surface area (Å²) in [7, 11) is 0. The van der Waals surface area contributed by atoms with Crippen LogP contribution in [0.1, 0.15) is 11.3 Å². The number of ether oxygens (including phenoxy) is 1. The zero-order valence-electron chi connectivity index (χ0n) is 9.85. The van der Waals surface area contributed by atoms with Crippen molar-refractivity contribution in [3.05, 3.63) is 41.9 Å². The highest BCUT2D eigenvalue weighted by Crippen LogP contribution is 2.38. The van der Waals surface area contributed by atoms with Gasteiger partial charge in [0.05, 0.1) is 12.4 Å². The monoisotopic (exact) mass is 280 g/mol.